The summed E-state index contributed by atoms with van der Waals surface area (Å²) >= 11 is 5.78. The highest BCUT2D eigenvalue weighted by Gasteiger charge is 2.11. The van der Waals surface area contributed by atoms with Gasteiger partial charge in [0.2, 0.25) is 0 Å². The van der Waals surface area contributed by atoms with Gasteiger partial charge in [0.25, 0.3) is 0 Å². The Kier molecular flexibility index (Phi) is 2.97. The van der Waals surface area contributed by atoms with E-state index in [1.54, 1.807) is 0 Å². The van der Waals surface area contributed by atoms with Gasteiger partial charge in [-0.05, 0) is 25.5 Å². The molecular weight excluding hydrogens is 222 g/mol. The van der Waals surface area contributed by atoms with Crippen molar-refractivity contribution in [3.8, 4) is 11.4 Å². The summed E-state index contributed by atoms with van der Waals surface area (Å²) in [6.07, 6.45) is 0. The molecule has 1 aromatic heterocycles. The minimum Gasteiger partial charge on any atom is -0.313 e. The molecule has 0 atom stereocenters. The highest BCUT2D eigenvalue weighted by atomic mass is 35.5. The van der Waals surface area contributed by atoms with Crippen LogP contribution in [0.3, 0.4) is 0 Å². The lowest BCUT2D eigenvalue weighted by Crippen LogP contribution is -1.98. The number of halogens is 1. The van der Waals surface area contributed by atoms with Gasteiger partial charge in [-0.1, -0.05) is 17.7 Å². The Bertz CT molecular complexity index is 517. The second-order valence-electron chi connectivity index (χ2n) is 3.95. The maximum Gasteiger partial charge on any atom is 0.164 e. The zero-order valence-electron chi connectivity index (χ0n) is 9.66. The van der Waals surface area contributed by atoms with Crippen molar-refractivity contribution < 1.29 is 0 Å². The lowest BCUT2D eigenvalue weighted by atomic mass is 10.1. The van der Waals surface area contributed by atoms with Crippen molar-refractivity contribution in [1.29, 1.82) is 0 Å². The van der Waals surface area contributed by atoms with E-state index in [0.29, 0.717) is 5.88 Å². The Hall–Kier alpha value is -1.35. The molecule has 2 aromatic rings. The summed E-state index contributed by atoms with van der Waals surface area (Å²) in [4.78, 5) is 0. The van der Waals surface area contributed by atoms with E-state index in [1.807, 2.05) is 11.6 Å². The largest absolute Gasteiger partial charge is 0.313 e. The molecule has 0 saturated carbocycles. The van der Waals surface area contributed by atoms with Crippen LogP contribution in [0.4, 0.5) is 0 Å². The summed E-state index contributed by atoms with van der Waals surface area (Å²) < 4.78 is 1.94. The summed E-state index contributed by atoms with van der Waals surface area (Å²) in [5, 5.41) is 8.25. The van der Waals surface area contributed by atoms with E-state index in [2.05, 4.69) is 42.2 Å². The van der Waals surface area contributed by atoms with Gasteiger partial charge in [0.15, 0.2) is 5.82 Å². The molecule has 0 unspecified atom stereocenters. The topological polar surface area (TPSA) is 30.7 Å². The smallest absolute Gasteiger partial charge is 0.164 e. The van der Waals surface area contributed by atoms with Gasteiger partial charge >= 0.3 is 0 Å². The third-order valence-electron chi connectivity index (χ3n) is 2.72. The second-order valence-corrected chi connectivity index (χ2v) is 4.22. The SMILES string of the molecule is Cc1ccc(C)c(-c2nnc(CCl)n2C)c1. The zero-order chi connectivity index (χ0) is 11.7. The van der Waals surface area contributed by atoms with Crippen LogP contribution in [0, 0.1) is 13.8 Å². The Balaban J connectivity index is 2.58. The molecule has 2 rings (SSSR count). The number of rotatable bonds is 2. The lowest BCUT2D eigenvalue weighted by Gasteiger charge is -2.06. The van der Waals surface area contributed by atoms with Crippen LogP contribution < -0.4 is 0 Å². The van der Waals surface area contributed by atoms with Gasteiger partial charge in [0.1, 0.15) is 5.82 Å². The molecule has 0 aliphatic heterocycles. The highest BCUT2D eigenvalue weighted by molar-refractivity contribution is 6.16. The molecular formula is C12H14ClN3. The average Bonchev–Trinajstić information content (AvgIpc) is 2.63. The van der Waals surface area contributed by atoms with Gasteiger partial charge in [0.05, 0.1) is 5.88 Å². The van der Waals surface area contributed by atoms with Gasteiger partial charge in [-0.15, -0.1) is 21.8 Å². The number of aryl methyl sites for hydroxylation is 2. The number of alkyl halides is 1. The summed E-state index contributed by atoms with van der Waals surface area (Å²) in [5.74, 6) is 2.04. The summed E-state index contributed by atoms with van der Waals surface area (Å²) in [6, 6.07) is 6.31. The molecule has 3 nitrogen and oxygen atoms in total. The minimum absolute atomic E-state index is 0.383. The molecule has 0 aliphatic rings. The molecule has 0 amide bonds. The van der Waals surface area contributed by atoms with Gasteiger partial charge in [-0.3, -0.25) is 0 Å². The fourth-order valence-electron chi connectivity index (χ4n) is 1.69. The molecule has 0 saturated heterocycles. The molecule has 4 heteroatoms. The maximum absolute atomic E-state index is 5.78. The molecule has 0 bridgehead atoms. The zero-order valence-corrected chi connectivity index (χ0v) is 10.4. The average molecular weight is 236 g/mol. The van der Waals surface area contributed by atoms with Crippen LogP contribution in [-0.2, 0) is 12.9 Å². The van der Waals surface area contributed by atoms with E-state index in [4.69, 9.17) is 11.6 Å². The normalized spacial score (nSPS) is 10.8. The fraction of sp³-hybridized carbons (Fsp3) is 0.333. The van der Waals surface area contributed by atoms with E-state index < -0.39 is 0 Å². The van der Waals surface area contributed by atoms with Crippen LogP contribution in [0.1, 0.15) is 17.0 Å². The van der Waals surface area contributed by atoms with Crippen LogP contribution in [0.25, 0.3) is 11.4 Å². The van der Waals surface area contributed by atoms with Crippen molar-refractivity contribution in [3.05, 3.63) is 35.2 Å². The predicted octanol–water partition coefficient (Wildman–Crippen LogP) is 2.84. The van der Waals surface area contributed by atoms with Crippen LogP contribution in [0.15, 0.2) is 18.2 Å². The second kappa shape index (κ2) is 4.26. The summed E-state index contributed by atoms with van der Waals surface area (Å²) in [7, 11) is 1.94. The molecule has 1 aromatic carbocycles. The molecule has 84 valence electrons. The standard InChI is InChI=1S/C12H14ClN3/c1-8-4-5-9(2)10(6-8)12-15-14-11(7-13)16(12)3/h4-6H,7H2,1-3H3. The quantitative estimate of drug-likeness (QED) is 0.750. The van der Waals surface area contributed by atoms with Crippen LogP contribution in [-0.4, -0.2) is 14.8 Å². The Morgan fingerprint density at radius 2 is 2.00 bits per heavy atom. The highest BCUT2D eigenvalue weighted by Crippen LogP contribution is 2.23. The van der Waals surface area contributed by atoms with E-state index in [9.17, 15) is 0 Å². The van der Waals surface area contributed by atoms with Crippen molar-refractivity contribution in [2.75, 3.05) is 0 Å². The fourth-order valence-corrected chi connectivity index (χ4v) is 1.92. The predicted molar refractivity (Wildman–Crippen MR) is 65.5 cm³/mol. The van der Waals surface area contributed by atoms with Crippen molar-refractivity contribution >= 4 is 11.6 Å². The Morgan fingerprint density at radius 3 is 2.62 bits per heavy atom. The number of hydrogen-bond acceptors (Lipinski definition) is 2. The lowest BCUT2D eigenvalue weighted by molar-refractivity contribution is 0.853. The summed E-state index contributed by atoms with van der Waals surface area (Å²) in [6.45, 7) is 4.14. The first-order valence-electron chi connectivity index (χ1n) is 5.15. The first-order valence-corrected chi connectivity index (χ1v) is 5.69. The van der Waals surface area contributed by atoms with Gasteiger partial charge < -0.3 is 4.57 Å². The van der Waals surface area contributed by atoms with E-state index >= 15 is 0 Å². The van der Waals surface area contributed by atoms with E-state index in [0.717, 1.165) is 17.2 Å². The molecule has 0 aliphatic carbocycles. The third-order valence-corrected chi connectivity index (χ3v) is 2.96. The Labute approximate surface area is 100 Å². The molecule has 0 spiro atoms. The molecule has 0 fully saturated rings. The number of aromatic nitrogens is 3. The number of hydrogen-bond donors (Lipinski definition) is 0. The minimum atomic E-state index is 0.383. The molecule has 0 N–H and O–H groups in total. The third kappa shape index (κ3) is 1.83. The van der Waals surface area contributed by atoms with Crippen LogP contribution in [0.5, 0.6) is 0 Å². The molecule has 1 heterocycles. The van der Waals surface area contributed by atoms with Gasteiger partial charge in [0, 0.05) is 12.6 Å². The first-order chi connectivity index (χ1) is 7.63. The number of nitrogens with zero attached hydrogens (tertiary/aromatic N) is 3. The summed E-state index contributed by atoms with van der Waals surface area (Å²) in [5.41, 5.74) is 3.53. The number of benzene rings is 1. The van der Waals surface area contributed by atoms with Gasteiger partial charge in [-0.2, -0.15) is 0 Å². The van der Waals surface area contributed by atoms with Crippen molar-refractivity contribution in [2.45, 2.75) is 19.7 Å². The van der Waals surface area contributed by atoms with Crippen molar-refractivity contribution in [3.63, 3.8) is 0 Å². The van der Waals surface area contributed by atoms with Crippen molar-refractivity contribution in [2.24, 2.45) is 7.05 Å². The van der Waals surface area contributed by atoms with Gasteiger partial charge in [-0.25, -0.2) is 0 Å². The van der Waals surface area contributed by atoms with Crippen LogP contribution in [0.2, 0.25) is 0 Å². The monoisotopic (exact) mass is 235 g/mol. The molecule has 0 radical (unpaired) electrons. The van der Waals surface area contributed by atoms with Crippen LogP contribution >= 0.6 is 11.6 Å². The maximum atomic E-state index is 5.78. The van der Waals surface area contributed by atoms with E-state index in [-0.39, 0.29) is 0 Å². The Morgan fingerprint density at radius 1 is 1.25 bits per heavy atom. The van der Waals surface area contributed by atoms with E-state index in [1.165, 1.54) is 11.1 Å². The molecule has 16 heavy (non-hydrogen) atoms. The first kappa shape index (κ1) is 11.1. The van der Waals surface area contributed by atoms with Crippen molar-refractivity contribution in [1.82, 2.24) is 14.8 Å².